The molecule has 2 aromatic rings. The zero-order valence-corrected chi connectivity index (χ0v) is 9.30. The number of para-hydroxylation sites is 1. The van der Waals surface area contributed by atoms with Crippen LogP contribution >= 0.6 is 11.6 Å². The first-order valence-corrected chi connectivity index (χ1v) is 5.53. The van der Waals surface area contributed by atoms with Crippen LogP contribution in [0.1, 0.15) is 11.7 Å². The van der Waals surface area contributed by atoms with Gasteiger partial charge in [0.25, 0.3) is 0 Å². The Morgan fingerprint density at radius 1 is 1.19 bits per heavy atom. The minimum atomic E-state index is -1.00. The Morgan fingerprint density at radius 3 is 2.69 bits per heavy atom. The number of alkyl halides is 1. The van der Waals surface area contributed by atoms with Crippen molar-refractivity contribution < 1.29 is 10.2 Å². The molecule has 0 saturated heterocycles. The molecule has 0 bridgehead atoms. The molecular weight excluding hydrogens is 226 g/mol. The van der Waals surface area contributed by atoms with E-state index < -0.39 is 12.2 Å². The van der Waals surface area contributed by atoms with Crippen LogP contribution in [0.25, 0.3) is 10.9 Å². The maximum Gasteiger partial charge on any atom is 0.108 e. The summed E-state index contributed by atoms with van der Waals surface area (Å²) in [4.78, 5) is 4.20. The highest BCUT2D eigenvalue weighted by Crippen LogP contribution is 2.24. The van der Waals surface area contributed by atoms with Crippen LogP contribution in [-0.2, 0) is 0 Å². The zero-order valence-electron chi connectivity index (χ0n) is 8.55. The fourth-order valence-electron chi connectivity index (χ4n) is 1.66. The van der Waals surface area contributed by atoms with Gasteiger partial charge in [0.1, 0.15) is 6.10 Å². The first kappa shape index (κ1) is 11.3. The summed E-state index contributed by atoms with van der Waals surface area (Å²) in [6, 6.07) is 9.22. The zero-order chi connectivity index (χ0) is 11.5. The van der Waals surface area contributed by atoms with E-state index in [1.54, 1.807) is 12.3 Å². The molecule has 1 aromatic heterocycles. The smallest absolute Gasteiger partial charge is 0.108 e. The van der Waals surface area contributed by atoms with Gasteiger partial charge in [-0.2, -0.15) is 0 Å². The summed E-state index contributed by atoms with van der Waals surface area (Å²) in [6.45, 7) is 0. The predicted octanol–water partition coefficient (Wildman–Crippen LogP) is 1.87. The van der Waals surface area contributed by atoms with Gasteiger partial charge in [0, 0.05) is 17.1 Å². The molecule has 0 aliphatic heterocycles. The molecule has 2 N–H and O–H groups in total. The standard InChI is InChI=1S/C12H12ClNO2/c13-7-10(15)12(16)9-5-1-3-8-4-2-6-14-11(8)9/h1-6,10,12,15-16H,7H2. The van der Waals surface area contributed by atoms with E-state index in [0.717, 1.165) is 5.39 Å². The average Bonchev–Trinajstić information content (AvgIpc) is 2.36. The summed E-state index contributed by atoms with van der Waals surface area (Å²) < 4.78 is 0. The van der Waals surface area contributed by atoms with E-state index in [0.29, 0.717) is 11.1 Å². The normalized spacial score (nSPS) is 14.9. The van der Waals surface area contributed by atoms with E-state index in [1.165, 1.54) is 0 Å². The Bertz CT molecular complexity index is 484. The van der Waals surface area contributed by atoms with Crippen LogP contribution < -0.4 is 0 Å². The van der Waals surface area contributed by atoms with Crippen molar-refractivity contribution in [3.63, 3.8) is 0 Å². The second-order valence-electron chi connectivity index (χ2n) is 3.59. The molecule has 16 heavy (non-hydrogen) atoms. The summed E-state index contributed by atoms with van der Waals surface area (Å²) >= 11 is 5.52. The molecule has 1 heterocycles. The van der Waals surface area contributed by atoms with Crippen molar-refractivity contribution in [3.05, 3.63) is 42.1 Å². The Morgan fingerprint density at radius 2 is 1.94 bits per heavy atom. The second kappa shape index (κ2) is 4.78. The third kappa shape index (κ3) is 2.02. The molecule has 0 spiro atoms. The van der Waals surface area contributed by atoms with Gasteiger partial charge in [-0.1, -0.05) is 24.3 Å². The highest BCUT2D eigenvalue weighted by molar-refractivity contribution is 6.18. The van der Waals surface area contributed by atoms with Gasteiger partial charge in [-0.15, -0.1) is 11.6 Å². The van der Waals surface area contributed by atoms with Crippen LogP contribution in [-0.4, -0.2) is 27.2 Å². The largest absolute Gasteiger partial charge is 0.389 e. The Kier molecular flexibility index (Phi) is 3.39. The van der Waals surface area contributed by atoms with E-state index in [2.05, 4.69) is 4.98 Å². The molecule has 2 atom stereocenters. The lowest BCUT2D eigenvalue weighted by atomic mass is 10.0. The molecule has 2 rings (SSSR count). The maximum atomic E-state index is 9.91. The topological polar surface area (TPSA) is 53.4 Å². The van der Waals surface area contributed by atoms with Gasteiger partial charge in [-0.05, 0) is 6.07 Å². The number of rotatable bonds is 3. The van der Waals surface area contributed by atoms with Gasteiger partial charge in [0.15, 0.2) is 0 Å². The molecule has 4 heteroatoms. The minimum Gasteiger partial charge on any atom is -0.389 e. The molecule has 3 nitrogen and oxygen atoms in total. The molecule has 1 aromatic carbocycles. The third-order valence-corrected chi connectivity index (χ3v) is 2.82. The first-order chi connectivity index (χ1) is 7.74. The summed E-state index contributed by atoms with van der Waals surface area (Å²) in [6.07, 6.45) is -0.323. The Balaban J connectivity index is 2.52. The summed E-state index contributed by atoms with van der Waals surface area (Å²) in [5, 5.41) is 20.4. The number of aliphatic hydroxyl groups is 2. The number of aliphatic hydroxyl groups excluding tert-OH is 2. The molecule has 0 aliphatic rings. The molecule has 84 valence electrons. The monoisotopic (exact) mass is 237 g/mol. The number of fused-ring (bicyclic) bond motifs is 1. The van der Waals surface area contributed by atoms with Crippen LogP contribution in [0.3, 0.4) is 0 Å². The van der Waals surface area contributed by atoms with Crippen molar-refractivity contribution in [2.45, 2.75) is 12.2 Å². The Hall–Kier alpha value is -1.16. The van der Waals surface area contributed by atoms with Crippen molar-refractivity contribution in [2.24, 2.45) is 0 Å². The van der Waals surface area contributed by atoms with Gasteiger partial charge in [0.05, 0.1) is 17.5 Å². The lowest BCUT2D eigenvalue weighted by molar-refractivity contribution is 0.0335. The molecule has 0 fully saturated rings. The molecule has 0 radical (unpaired) electrons. The number of hydrogen-bond acceptors (Lipinski definition) is 3. The number of aromatic nitrogens is 1. The van der Waals surface area contributed by atoms with Crippen LogP contribution in [0.4, 0.5) is 0 Å². The lowest BCUT2D eigenvalue weighted by Gasteiger charge is -2.16. The fraction of sp³-hybridized carbons (Fsp3) is 0.250. The van der Waals surface area contributed by atoms with Crippen molar-refractivity contribution >= 4 is 22.5 Å². The summed E-state index contributed by atoms with van der Waals surface area (Å²) in [5.74, 6) is -0.00954. The van der Waals surface area contributed by atoms with E-state index in [4.69, 9.17) is 11.6 Å². The van der Waals surface area contributed by atoms with Gasteiger partial charge >= 0.3 is 0 Å². The van der Waals surface area contributed by atoms with Gasteiger partial charge in [0.2, 0.25) is 0 Å². The van der Waals surface area contributed by atoms with E-state index in [-0.39, 0.29) is 5.88 Å². The van der Waals surface area contributed by atoms with Crippen molar-refractivity contribution in [1.82, 2.24) is 4.98 Å². The van der Waals surface area contributed by atoms with Crippen LogP contribution in [0.2, 0.25) is 0 Å². The van der Waals surface area contributed by atoms with Crippen LogP contribution in [0.15, 0.2) is 36.5 Å². The van der Waals surface area contributed by atoms with Crippen molar-refractivity contribution in [3.8, 4) is 0 Å². The van der Waals surface area contributed by atoms with E-state index in [9.17, 15) is 10.2 Å². The number of pyridine rings is 1. The first-order valence-electron chi connectivity index (χ1n) is 5.00. The molecule has 0 saturated carbocycles. The number of nitrogens with zero attached hydrogens (tertiary/aromatic N) is 1. The Labute approximate surface area is 98.3 Å². The molecule has 0 aliphatic carbocycles. The number of halogens is 1. The van der Waals surface area contributed by atoms with Crippen LogP contribution in [0.5, 0.6) is 0 Å². The van der Waals surface area contributed by atoms with E-state index >= 15 is 0 Å². The third-order valence-electron chi connectivity index (χ3n) is 2.51. The van der Waals surface area contributed by atoms with Crippen molar-refractivity contribution in [1.29, 1.82) is 0 Å². The average molecular weight is 238 g/mol. The second-order valence-corrected chi connectivity index (χ2v) is 3.90. The quantitative estimate of drug-likeness (QED) is 0.802. The van der Waals surface area contributed by atoms with Crippen molar-refractivity contribution in [2.75, 3.05) is 5.88 Å². The lowest BCUT2D eigenvalue weighted by Crippen LogP contribution is -2.20. The molecular formula is C12H12ClNO2. The minimum absolute atomic E-state index is 0.00954. The summed E-state index contributed by atoms with van der Waals surface area (Å²) in [5.41, 5.74) is 1.30. The number of hydrogen-bond donors (Lipinski definition) is 2. The predicted molar refractivity (Wildman–Crippen MR) is 63.4 cm³/mol. The maximum absolute atomic E-state index is 9.91. The van der Waals surface area contributed by atoms with Gasteiger partial charge in [-0.25, -0.2) is 0 Å². The van der Waals surface area contributed by atoms with Crippen LogP contribution in [0, 0.1) is 0 Å². The summed E-state index contributed by atoms with van der Waals surface area (Å²) in [7, 11) is 0. The van der Waals surface area contributed by atoms with E-state index in [1.807, 2.05) is 24.3 Å². The molecule has 2 unspecified atom stereocenters. The highest BCUT2D eigenvalue weighted by atomic mass is 35.5. The van der Waals surface area contributed by atoms with Gasteiger partial charge < -0.3 is 10.2 Å². The van der Waals surface area contributed by atoms with Gasteiger partial charge in [-0.3, -0.25) is 4.98 Å². The number of benzene rings is 1. The fourth-order valence-corrected chi connectivity index (χ4v) is 1.83. The highest BCUT2D eigenvalue weighted by Gasteiger charge is 2.19. The molecule has 0 amide bonds. The SMILES string of the molecule is OC(CCl)C(O)c1cccc2cccnc12.